The summed E-state index contributed by atoms with van der Waals surface area (Å²) in [5, 5.41) is 12.9. The first kappa shape index (κ1) is 37.5. The molecule has 0 radical (unpaired) electrons. The number of aliphatic hydroxyl groups excluding tert-OH is 1. The standard InChI is InChI=1S/C34H48N6O8S/c1-23-18-40(24(2)21-41)33(42)29-17-27(37-49(44,45)32-20-38(4)22-35-32)12-15-30(29)48-25(3)9-7-8-16-47-31(23)19-39(5)34(43)36-26-10-13-28(46-6)14-11-26/h10-15,17,20,22-25,31,37,41H,7-9,16,18-19,21H2,1-6H3,(H,36,43)/t23-,24-,25-,31+/m1/s1. The van der Waals surface area contributed by atoms with E-state index in [-0.39, 0.29) is 54.0 Å². The van der Waals surface area contributed by atoms with Crippen molar-refractivity contribution in [3.63, 3.8) is 0 Å². The molecule has 14 nitrogen and oxygen atoms in total. The number of methoxy groups -OCH3 is 1. The van der Waals surface area contributed by atoms with E-state index in [4.69, 9.17) is 14.2 Å². The number of aromatic nitrogens is 2. The van der Waals surface area contributed by atoms with Crippen molar-refractivity contribution in [2.75, 3.05) is 50.5 Å². The van der Waals surface area contributed by atoms with Gasteiger partial charge in [-0.25, -0.2) is 9.78 Å². The summed E-state index contributed by atoms with van der Waals surface area (Å²) in [5.41, 5.74) is 0.916. The van der Waals surface area contributed by atoms with E-state index in [1.807, 2.05) is 13.8 Å². The third kappa shape index (κ3) is 10.1. The third-order valence-electron chi connectivity index (χ3n) is 8.40. The van der Waals surface area contributed by atoms with Gasteiger partial charge in [-0.3, -0.25) is 9.52 Å². The van der Waals surface area contributed by atoms with Crippen molar-refractivity contribution < 1.29 is 37.3 Å². The normalized spacial score (nSPS) is 19.9. The first-order chi connectivity index (χ1) is 23.3. The molecule has 1 aliphatic heterocycles. The second-order valence-corrected chi connectivity index (χ2v) is 14.2. The summed E-state index contributed by atoms with van der Waals surface area (Å²) < 4.78 is 47.9. The fraction of sp³-hybridized carbons (Fsp3) is 0.500. The molecule has 3 N–H and O–H groups in total. The van der Waals surface area contributed by atoms with E-state index in [0.717, 1.165) is 12.8 Å². The van der Waals surface area contributed by atoms with E-state index in [2.05, 4.69) is 15.0 Å². The topological polar surface area (TPSA) is 165 Å². The number of benzene rings is 2. The van der Waals surface area contributed by atoms with Crippen LogP contribution in [0.15, 0.2) is 60.0 Å². The van der Waals surface area contributed by atoms with E-state index < -0.39 is 28.1 Å². The number of ether oxygens (including phenoxy) is 3. The van der Waals surface area contributed by atoms with Gasteiger partial charge in [0.05, 0.1) is 43.9 Å². The average Bonchev–Trinajstić information content (AvgIpc) is 3.53. The van der Waals surface area contributed by atoms with Gasteiger partial charge < -0.3 is 39.0 Å². The molecule has 0 saturated carbocycles. The highest BCUT2D eigenvalue weighted by Gasteiger charge is 2.31. The van der Waals surface area contributed by atoms with Crippen LogP contribution < -0.4 is 19.5 Å². The molecule has 3 aromatic rings. The van der Waals surface area contributed by atoms with E-state index in [1.165, 1.54) is 28.1 Å². The monoisotopic (exact) mass is 700 g/mol. The minimum atomic E-state index is -4.04. The van der Waals surface area contributed by atoms with Gasteiger partial charge in [-0.1, -0.05) is 6.92 Å². The maximum Gasteiger partial charge on any atom is 0.321 e. The largest absolute Gasteiger partial charge is 0.497 e. The number of rotatable bonds is 9. The van der Waals surface area contributed by atoms with Crippen LogP contribution in [0.4, 0.5) is 16.2 Å². The summed E-state index contributed by atoms with van der Waals surface area (Å²) in [4.78, 5) is 34.5. The number of carbonyl (C=O) groups is 2. The molecule has 2 heterocycles. The molecule has 0 saturated heterocycles. The van der Waals surface area contributed by atoms with Gasteiger partial charge in [-0.2, -0.15) is 8.42 Å². The molecule has 0 unspecified atom stereocenters. The summed E-state index contributed by atoms with van der Waals surface area (Å²) in [6.45, 7) is 6.14. The number of nitrogens with one attached hydrogen (secondary N) is 2. The summed E-state index contributed by atoms with van der Waals surface area (Å²) in [6, 6.07) is 10.7. The summed E-state index contributed by atoms with van der Waals surface area (Å²) in [5.74, 6) is 0.262. The van der Waals surface area contributed by atoms with Gasteiger partial charge in [0.1, 0.15) is 11.5 Å². The molecule has 3 amide bonds. The molecule has 0 aliphatic carbocycles. The molecule has 49 heavy (non-hydrogen) atoms. The number of nitrogens with zero attached hydrogens (tertiary/aromatic N) is 4. The van der Waals surface area contributed by atoms with Crippen molar-refractivity contribution in [3.05, 3.63) is 60.6 Å². The van der Waals surface area contributed by atoms with E-state index >= 15 is 0 Å². The van der Waals surface area contributed by atoms with Crippen molar-refractivity contribution in [3.8, 4) is 11.5 Å². The molecule has 268 valence electrons. The number of anilines is 2. The number of aryl methyl sites for hydroxylation is 1. The van der Waals surface area contributed by atoms with Gasteiger partial charge in [-0.15, -0.1) is 0 Å². The Hall–Kier alpha value is -4.34. The van der Waals surface area contributed by atoms with Gasteiger partial charge in [0, 0.05) is 57.3 Å². The number of urea groups is 1. The van der Waals surface area contributed by atoms with Crippen molar-refractivity contribution in [1.29, 1.82) is 0 Å². The van der Waals surface area contributed by atoms with Gasteiger partial charge in [-0.05, 0) is 75.6 Å². The van der Waals surface area contributed by atoms with Crippen LogP contribution in [0, 0.1) is 5.92 Å². The number of hydrogen-bond donors (Lipinski definition) is 3. The lowest BCUT2D eigenvalue weighted by Gasteiger charge is -2.35. The first-order valence-corrected chi connectivity index (χ1v) is 17.8. The van der Waals surface area contributed by atoms with Crippen molar-refractivity contribution in [2.45, 2.75) is 63.3 Å². The zero-order valence-corrected chi connectivity index (χ0v) is 29.8. The lowest BCUT2D eigenvalue weighted by atomic mass is 10.0. The van der Waals surface area contributed by atoms with Crippen LogP contribution in [0.2, 0.25) is 0 Å². The van der Waals surface area contributed by atoms with Crippen LogP contribution in [0.1, 0.15) is 50.4 Å². The Kier molecular flexibility index (Phi) is 12.9. The number of amides is 3. The first-order valence-electron chi connectivity index (χ1n) is 16.3. The highest BCUT2D eigenvalue weighted by Crippen LogP contribution is 2.29. The molecule has 2 aromatic carbocycles. The maximum atomic E-state index is 14.4. The smallest absolute Gasteiger partial charge is 0.321 e. The lowest BCUT2D eigenvalue weighted by molar-refractivity contribution is -0.0115. The van der Waals surface area contributed by atoms with Crippen LogP contribution in [0.3, 0.4) is 0 Å². The Morgan fingerprint density at radius 2 is 1.88 bits per heavy atom. The molecular formula is C34H48N6O8S. The Morgan fingerprint density at radius 1 is 1.16 bits per heavy atom. The highest BCUT2D eigenvalue weighted by atomic mass is 32.2. The molecular weight excluding hydrogens is 652 g/mol. The minimum Gasteiger partial charge on any atom is -0.497 e. The molecule has 1 aliphatic rings. The zero-order valence-electron chi connectivity index (χ0n) is 29.0. The van der Waals surface area contributed by atoms with Crippen LogP contribution >= 0.6 is 0 Å². The average molecular weight is 701 g/mol. The number of aliphatic hydroxyl groups is 1. The fourth-order valence-electron chi connectivity index (χ4n) is 5.43. The molecule has 15 heteroatoms. The summed E-state index contributed by atoms with van der Waals surface area (Å²) in [6.07, 6.45) is 4.31. The van der Waals surface area contributed by atoms with Crippen LogP contribution in [-0.2, 0) is 21.8 Å². The number of sulfonamides is 1. The molecule has 0 fully saturated rings. The highest BCUT2D eigenvalue weighted by molar-refractivity contribution is 7.92. The van der Waals surface area contributed by atoms with Gasteiger partial charge in [0.15, 0.2) is 5.03 Å². The van der Waals surface area contributed by atoms with E-state index in [9.17, 15) is 23.1 Å². The molecule has 4 rings (SSSR count). The predicted molar refractivity (Wildman–Crippen MR) is 186 cm³/mol. The number of fused-ring (bicyclic) bond motifs is 1. The van der Waals surface area contributed by atoms with Crippen LogP contribution in [0.25, 0.3) is 0 Å². The maximum absolute atomic E-state index is 14.4. The van der Waals surface area contributed by atoms with Crippen LogP contribution in [0.5, 0.6) is 11.5 Å². The Bertz CT molecular complexity index is 1660. The predicted octanol–water partition coefficient (Wildman–Crippen LogP) is 4.19. The number of imidazole rings is 1. The molecule has 1 aromatic heterocycles. The van der Waals surface area contributed by atoms with E-state index in [0.29, 0.717) is 30.2 Å². The zero-order chi connectivity index (χ0) is 35.7. The van der Waals surface area contributed by atoms with Crippen LogP contribution in [-0.4, -0.2) is 104 Å². The van der Waals surface area contributed by atoms with Gasteiger partial charge >= 0.3 is 6.03 Å². The fourth-order valence-corrected chi connectivity index (χ4v) is 6.46. The van der Waals surface area contributed by atoms with E-state index in [1.54, 1.807) is 69.4 Å². The molecule has 4 atom stereocenters. The lowest BCUT2D eigenvalue weighted by Crippen LogP contribution is -2.48. The second-order valence-electron chi connectivity index (χ2n) is 12.5. The summed E-state index contributed by atoms with van der Waals surface area (Å²) >= 11 is 0. The number of carbonyl (C=O) groups excluding carboxylic acids is 2. The third-order valence-corrected chi connectivity index (χ3v) is 9.67. The number of hydrogen-bond acceptors (Lipinski definition) is 9. The SMILES string of the molecule is COc1ccc(NC(=O)N(C)C[C@@H]2OCCCC[C@@H](C)Oc3ccc(NS(=O)(=O)c4cn(C)cn4)cc3C(=O)N([C@H](C)CO)C[C@H]2C)cc1. The van der Waals surface area contributed by atoms with Gasteiger partial charge in [0.2, 0.25) is 0 Å². The molecule has 0 spiro atoms. The second kappa shape index (κ2) is 16.9. The molecule has 0 bridgehead atoms. The van der Waals surface area contributed by atoms with Crippen molar-refractivity contribution in [2.24, 2.45) is 13.0 Å². The van der Waals surface area contributed by atoms with Crippen molar-refractivity contribution in [1.82, 2.24) is 19.4 Å². The van der Waals surface area contributed by atoms with Gasteiger partial charge in [0.25, 0.3) is 15.9 Å². The Labute approximate surface area is 288 Å². The number of likely N-dealkylation sites (N-methyl/N-ethyl adjacent to an activating group) is 1. The minimum absolute atomic E-state index is 0.145. The van der Waals surface area contributed by atoms with Crippen molar-refractivity contribution >= 4 is 33.3 Å². The quantitative estimate of drug-likeness (QED) is 0.297. The Balaban J connectivity index is 1.60. The summed E-state index contributed by atoms with van der Waals surface area (Å²) in [7, 11) is 0.885. The Morgan fingerprint density at radius 3 is 2.53 bits per heavy atom.